The number of nitrogens with one attached hydrogen (secondary N) is 1. The van der Waals surface area contributed by atoms with Gasteiger partial charge in [0.25, 0.3) is 11.5 Å². The fourth-order valence-corrected chi connectivity index (χ4v) is 3.08. The van der Waals surface area contributed by atoms with Crippen molar-refractivity contribution in [1.82, 2.24) is 15.1 Å². The molecule has 0 saturated carbocycles. The lowest BCUT2D eigenvalue weighted by Gasteiger charge is -2.15. The summed E-state index contributed by atoms with van der Waals surface area (Å²) in [4.78, 5) is 25.6. The normalized spacial score (nSPS) is 12.4. The Kier molecular flexibility index (Phi) is 7.00. The van der Waals surface area contributed by atoms with Crippen LogP contribution in [0.4, 0.5) is 13.2 Å². The van der Waals surface area contributed by atoms with Crippen LogP contribution in [0.25, 0.3) is 16.9 Å². The number of carbonyl (C=O) groups excluding carboxylic acids is 1. The van der Waals surface area contributed by atoms with E-state index in [0.717, 1.165) is 15.8 Å². The summed E-state index contributed by atoms with van der Waals surface area (Å²) in [5.41, 5.74) is 1.69. The summed E-state index contributed by atoms with van der Waals surface area (Å²) in [5.74, 6) is -0.758. The van der Waals surface area contributed by atoms with Crippen LogP contribution in [0.1, 0.15) is 21.5 Å². The molecule has 0 radical (unpaired) electrons. The van der Waals surface area contributed by atoms with Gasteiger partial charge in [0.05, 0.1) is 17.9 Å². The number of rotatable bonds is 6. The molecule has 6 nitrogen and oxygen atoms in total. The number of aryl methyl sites for hydroxylation is 1. The summed E-state index contributed by atoms with van der Waals surface area (Å²) >= 11 is 5.81. The molecule has 2 aromatic carbocycles. The molecule has 1 atom stereocenters. The van der Waals surface area contributed by atoms with Crippen LogP contribution in [-0.2, 0) is 5.88 Å². The average molecular weight is 466 g/mol. The topological polar surface area (TPSA) is 84.2 Å². The van der Waals surface area contributed by atoms with E-state index in [0.29, 0.717) is 17.1 Å². The Hall–Kier alpha value is -3.17. The quantitative estimate of drug-likeness (QED) is 0.545. The first-order chi connectivity index (χ1) is 15.1. The Morgan fingerprint density at radius 3 is 2.47 bits per heavy atom. The molecule has 0 saturated heterocycles. The molecule has 0 aliphatic heterocycles. The number of aromatic nitrogens is 2. The molecule has 0 aliphatic carbocycles. The molecule has 32 heavy (non-hydrogen) atoms. The SMILES string of the molecule is Cc1cccc(-n2nc(-c3ccc(CCl)cc3)cc(C(=O)NCC(O)C(F)(F)F)c2=O)c1. The summed E-state index contributed by atoms with van der Waals surface area (Å²) in [6.45, 7) is 0.726. The average Bonchev–Trinajstić information content (AvgIpc) is 2.76. The van der Waals surface area contributed by atoms with Crippen LogP contribution in [0.2, 0.25) is 0 Å². The maximum absolute atomic E-state index is 13.0. The monoisotopic (exact) mass is 465 g/mol. The van der Waals surface area contributed by atoms with Crippen LogP contribution >= 0.6 is 11.6 Å². The van der Waals surface area contributed by atoms with Gasteiger partial charge < -0.3 is 10.4 Å². The summed E-state index contributed by atoms with van der Waals surface area (Å²) in [6, 6.07) is 15.0. The van der Waals surface area contributed by atoms with Crippen LogP contribution in [0, 0.1) is 6.92 Å². The lowest BCUT2D eigenvalue weighted by molar-refractivity contribution is -0.201. The van der Waals surface area contributed by atoms with E-state index in [1.165, 1.54) is 6.07 Å². The molecule has 0 bridgehead atoms. The van der Waals surface area contributed by atoms with Gasteiger partial charge in [-0.05, 0) is 36.2 Å². The molecule has 3 rings (SSSR count). The van der Waals surface area contributed by atoms with Crippen molar-refractivity contribution >= 4 is 17.5 Å². The van der Waals surface area contributed by atoms with Gasteiger partial charge in [-0.15, -0.1) is 11.6 Å². The smallest absolute Gasteiger partial charge is 0.382 e. The van der Waals surface area contributed by atoms with E-state index in [2.05, 4.69) is 5.10 Å². The van der Waals surface area contributed by atoms with Crippen molar-refractivity contribution < 1.29 is 23.1 Å². The van der Waals surface area contributed by atoms with E-state index in [-0.39, 0.29) is 5.69 Å². The Bertz CT molecular complexity index is 1180. The second-order valence-electron chi connectivity index (χ2n) is 7.10. The molecule has 2 N–H and O–H groups in total. The van der Waals surface area contributed by atoms with Gasteiger partial charge in [0.15, 0.2) is 6.10 Å². The standard InChI is InChI=1S/C22H19ClF3N3O3/c1-13-3-2-4-16(9-13)29-21(32)17(20(31)27-12-19(30)22(24,25)26)10-18(28-29)15-7-5-14(11-23)6-8-15/h2-10,19,30H,11-12H2,1H3,(H,27,31). The Morgan fingerprint density at radius 2 is 1.88 bits per heavy atom. The molecule has 0 fully saturated rings. The van der Waals surface area contributed by atoms with Gasteiger partial charge in [0.1, 0.15) is 5.56 Å². The predicted octanol–water partition coefficient (Wildman–Crippen LogP) is 3.60. The van der Waals surface area contributed by atoms with E-state index >= 15 is 0 Å². The summed E-state index contributed by atoms with van der Waals surface area (Å²) in [6.07, 6.45) is -7.65. The van der Waals surface area contributed by atoms with Gasteiger partial charge >= 0.3 is 6.18 Å². The summed E-state index contributed by atoms with van der Waals surface area (Å²) < 4.78 is 38.7. The van der Waals surface area contributed by atoms with Crippen molar-refractivity contribution in [2.75, 3.05) is 6.54 Å². The van der Waals surface area contributed by atoms with E-state index in [1.807, 2.05) is 18.3 Å². The van der Waals surface area contributed by atoms with Crippen LogP contribution < -0.4 is 10.9 Å². The van der Waals surface area contributed by atoms with Gasteiger partial charge in [0.2, 0.25) is 0 Å². The number of aliphatic hydroxyl groups excluding tert-OH is 1. The van der Waals surface area contributed by atoms with Crippen LogP contribution in [0.5, 0.6) is 0 Å². The number of hydrogen-bond acceptors (Lipinski definition) is 4. The van der Waals surface area contributed by atoms with E-state index in [1.54, 1.807) is 42.5 Å². The first kappa shape index (κ1) is 23.5. The van der Waals surface area contributed by atoms with Gasteiger partial charge in [0, 0.05) is 11.4 Å². The van der Waals surface area contributed by atoms with Crippen molar-refractivity contribution in [3.05, 3.63) is 81.6 Å². The Labute approximate surface area is 186 Å². The number of aliphatic hydroxyl groups is 1. The lowest BCUT2D eigenvalue weighted by Crippen LogP contribution is -2.42. The minimum absolute atomic E-state index is 0.258. The van der Waals surface area contributed by atoms with Gasteiger partial charge in [-0.3, -0.25) is 9.59 Å². The molecule has 1 amide bonds. The zero-order valence-electron chi connectivity index (χ0n) is 16.9. The minimum atomic E-state index is -4.90. The first-order valence-electron chi connectivity index (χ1n) is 9.50. The molecule has 10 heteroatoms. The van der Waals surface area contributed by atoms with E-state index in [4.69, 9.17) is 16.7 Å². The zero-order chi connectivity index (χ0) is 23.5. The predicted molar refractivity (Wildman–Crippen MR) is 114 cm³/mol. The highest BCUT2D eigenvalue weighted by atomic mass is 35.5. The molecule has 168 valence electrons. The Morgan fingerprint density at radius 1 is 1.19 bits per heavy atom. The fraction of sp³-hybridized carbons (Fsp3) is 0.227. The highest BCUT2D eigenvalue weighted by molar-refractivity contribution is 6.17. The lowest BCUT2D eigenvalue weighted by atomic mass is 10.1. The van der Waals surface area contributed by atoms with E-state index in [9.17, 15) is 22.8 Å². The third kappa shape index (κ3) is 5.35. The fourth-order valence-electron chi connectivity index (χ4n) is 2.90. The van der Waals surface area contributed by atoms with Crippen molar-refractivity contribution in [2.45, 2.75) is 25.1 Å². The van der Waals surface area contributed by atoms with Crippen molar-refractivity contribution in [3.8, 4) is 16.9 Å². The van der Waals surface area contributed by atoms with Crippen molar-refractivity contribution in [3.63, 3.8) is 0 Å². The number of carbonyl (C=O) groups is 1. The molecule has 3 aromatic rings. The highest BCUT2D eigenvalue weighted by Gasteiger charge is 2.38. The highest BCUT2D eigenvalue weighted by Crippen LogP contribution is 2.21. The third-order valence-electron chi connectivity index (χ3n) is 4.64. The minimum Gasteiger partial charge on any atom is -0.382 e. The Balaban J connectivity index is 2.07. The van der Waals surface area contributed by atoms with Gasteiger partial charge in [-0.1, -0.05) is 36.4 Å². The molecule has 1 unspecified atom stereocenters. The molecular weight excluding hydrogens is 447 g/mol. The molecule has 1 aromatic heterocycles. The number of amides is 1. The zero-order valence-corrected chi connectivity index (χ0v) is 17.6. The number of nitrogens with zero attached hydrogens (tertiary/aromatic N) is 2. The largest absolute Gasteiger partial charge is 0.416 e. The third-order valence-corrected chi connectivity index (χ3v) is 4.95. The van der Waals surface area contributed by atoms with Crippen LogP contribution in [0.15, 0.2) is 59.4 Å². The second-order valence-corrected chi connectivity index (χ2v) is 7.36. The first-order valence-corrected chi connectivity index (χ1v) is 10.0. The second kappa shape index (κ2) is 9.54. The molecule has 0 aliphatic rings. The molecule has 0 spiro atoms. The molecule has 1 heterocycles. The number of alkyl halides is 4. The van der Waals surface area contributed by atoms with Gasteiger partial charge in [-0.25, -0.2) is 0 Å². The van der Waals surface area contributed by atoms with E-state index < -0.39 is 35.9 Å². The number of hydrogen-bond donors (Lipinski definition) is 2. The van der Waals surface area contributed by atoms with Crippen LogP contribution in [0.3, 0.4) is 0 Å². The molecular formula is C22H19ClF3N3O3. The number of halogens is 4. The maximum Gasteiger partial charge on any atom is 0.416 e. The van der Waals surface area contributed by atoms with Crippen molar-refractivity contribution in [2.24, 2.45) is 0 Å². The van der Waals surface area contributed by atoms with Crippen LogP contribution in [-0.4, -0.2) is 39.6 Å². The maximum atomic E-state index is 13.0. The number of benzene rings is 2. The van der Waals surface area contributed by atoms with Crippen molar-refractivity contribution in [1.29, 1.82) is 0 Å². The van der Waals surface area contributed by atoms with Gasteiger partial charge in [-0.2, -0.15) is 23.0 Å². The summed E-state index contributed by atoms with van der Waals surface area (Å²) in [5, 5.41) is 15.5. The summed E-state index contributed by atoms with van der Waals surface area (Å²) in [7, 11) is 0.